The maximum atomic E-state index is 13.1. The van der Waals surface area contributed by atoms with Crippen LogP contribution >= 0.6 is 11.8 Å². The van der Waals surface area contributed by atoms with Crippen LogP contribution in [0.5, 0.6) is 0 Å². The fraction of sp³-hybridized carbons (Fsp3) is 0.364. The molecule has 0 saturated carbocycles. The second kappa shape index (κ2) is 8.47. The van der Waals surface area contributed by atoms with E-state index in [0.717, 1.165) is 11.1 Å². The number of hydrogen-bond donors (Lipinski definition) is 2. The third-order valence-electron chi connectivity index (χ3n) is 5.46. The number of pyridine rings is 1. The molecule has 156 valence electrons. The second-order valence-corrected chi connectivity index (χ2v) is 8.92. The predicted molar refractivity (Wildman–Crippen MR) is 114 cm³/mol. The molecule has 1 saturated heterocycles. The molecule has 0 radical (unpaired) electrons. The summed E-state index contributed by atoms with van der Waals surface area (Å²) >= 11 is 1.59. The molecule has 3 amide bonds. The number of carbonyl (C=O) groups excluding carboxylic acids is 3. The topological polar surface area (TPSA) is 91.4 Å². The van der Waals surface area contributed by atoms with E-state index < -0.39 is 12.1 Å². The Balaban J connectivity index is 1.43. The van der Waals surface area contributed by atoms with E-state index in [1.807, 2.05) is 44.2 Å². The maximum Gasteiger partial charge on any atom is 0.256 e. The summed E-state index contributed by atoms with van der Waals surface area (Å²) in [5.74, 6) is -0.232. The molecule has 1 unspecified atom stereocenters. The maximum absolute atomic E-state index is 13.1. The first-order valence-electron chi connectivity index (χ1n) is 9.97. The minimum absolute atomic E-state index is 0.0947. The zero-order valence-electron chi connectivity index (χ0n) is 16.9. The highest BCUT2D eigenvalue weighted by Gasteiger charge is 2.48. The van der Waals surface area contributed by atoms with E-state index in [2.05, 4.69) is 15.6 Å². The van der Waals surface area contributed by atoms with Crippen molar-refractivity contribution in [3.05, 3.63) is 65.5 Å². The van der Waals surface area contributed by atoms with Crippen molar-refractivity contribution in [3.63, 3.8) is 0 Å². The van der Waals surface area contributed by atoms with Crippen LogP contribution in [0.25, 0.3) is 0 Å². The van der Waals surface area contributed by atoms with Gasteiger partial charge >= 0.3 is 0 Å². The average molecular weight is 425 g/mol. The van der Waals surface area contributed by atoms with Crippen molar-refractivity contribution >= 4 is 29.5 Å². The number of benzene rings is 1. The van der Waals surface area contributed by atoms with Crippen LogP contribution in [0, 0.1) is 5.92 Å². The highest BCUT2D eigenvalue weighted by molar-refractivity contribution is 7.99. The molecule has 0 bridgehead atoms. The number of aromatic nitrogens is 1. The van der Waals surface area contributed by atoms with Crippen LogP contribution in [0.3, 0.4) is 0 Å². The quantitative estimate of drug-likeness (QED) is 0.741. The van der Waals surface area contributed by atoms with Gasteiger partial charge in [0.2, 0.25) is 11.8 Å². The SMILES string of the molecule is CC(C)[C@H](NC(=O)[C@@H]1CSC2c3ccccc3C(=O)N21)C(=O)NCc1ccncc1. The van der Waals surface area contributed by atoms with E-state index in [9.17, 15) is 14.4 Å². The third-order valence-corrected chi connectivity index (χ3v) is 6.76. The number of amides is 3. The van der Waals surface area contributed by atoms with Gasteiger partial charge in [-0.05, 0) is 35.2 Å². The summed E-state index contributed by atoms with van der Waals surface area (Å²) < 4.78 is 0. The molecule has 1 fully saturated rings. The monoisotopic (exact) mass is 424 g/mol. The minimum atomic E-state index is -0.677. The lowest BCUT2D eigenvalue weighted by Gasteiger charge is -2.27. The molecular weight excluding hydrogens is 400 g/mol. The van der Waals surface area contributed by atoms with E-state index in [-0.39, 0.29) is 29.0 Å². The minimum Gasteiger partial charge on any atom is -0.350 e. The molecule has 3 heterocycles. The standard InChI is InChI=1S/C22H24N4O3S/c1-13(2)18(20(28)24-11-14-7-9-23-10-8-14)25-19(27)17-12-30-22-16-6-4-3-5-15(16)21(29)26(17)22/h3-10,13,17-18,22H,11-12H2,1-2H3,(H,24,28)(H,25,27)/t17-,18-,22?/m0/s1. The smallest absolute Gasteiger partial charge is 0.256 e. The van der Waals surface area contributed by atoms with Gasteiger partial charge in [-0.15, -0.1) is 11.8 Å². The summed E-state index contributed by atoms with van der Waals surface area (Å²) in [6.45, 7) is 4.14. The zero-order chi connectivity index (χ0) is 21.3. The largest absolute Gasteiger partial charge is 0.350 e. The second-order valence-electron chi connectivity index (χ2n) is 7.80. The van der Waals surface area contributed by atoms with Gasteiger partial charge in [0.1, 0.15) is 17.5 Å². The Labute approximate surface area is 179 Å². The van der Waals surface area contributed by atoms with E-state index in [1.54, 1.807) is 35.1 Å². The Morgan fingerprint density at radius 1 is 1.20 bits per heavy atom. The van der Waals surface area contributed by atoms with Gasteiger partial charge in [0.05, 0.1) is 0 Å². The van der Waals surface area contributed by atoms with Crippen molar-refractivity contribution in [2.24, 2.45) is 5.92 Å². The Morgan fingerprint density at radius 3 is 2.67 bits per heavy atom. The first-order valence-corrected chi connectivity index (χ1v) is 11.0. The number of fused-ring (bicyclic) bond motifs is 3. The lowest BCUT2D eigenvalue weighted by molar-refractivity contribution is -0.132. The molecular formula is C22H24N4O3S. The highest BCUT2D eigenvalue weighted by Crippen LogP contribution is 2.48. The molecule has 4 rings (SSSR count). The molecule has 30 heavy (non-hydrogen) atoms. The summed E-state index contributed by atoms with van der Waals surface area (Å²) in [5, 5.41) is 5.63. The van der Waals surface area contributed by atoms with Gasteiger partial charge in [-0.3, -0.25) is 19.4 Å². The number of thioether (sulfide) groups is 1. The first kappa shape index (κ1) is 20.4. The molecule has 2 N–H and O–H groups in total. The van der Waals surface area contributed by atoms with Crippen molar-refractivity contribution in [2.75, 3.05) is 5.75 Å². The normalized spacial score (nSPS) is 20.6. The fourth-order valence-corrected chi connectivity index (χ4v) is 5.29. The Morgan fingerprint density at radius 2 is 1.93 bits per heavy atom. The van der Waals surface area contributed by atoms with Crippen LogP contribution in [0.2, 0.25) is 0 Å². The number of nitrogens with zero attached hydrogens (tertiary/aromatic N) is 2. The van der Waals surface area contributed by atoms with Gasteiger partial charge in [0, 0.05) is 30.3 Å². The van der Waals surface area contributed by atoms with Gasteiger partial charge in [0.25, 0.3) is 5.91 Å². The van der Waals surface area contributed by atoms with Crippen molar-refractivity contribution in [3.8, 4) is 0 Å². The number of carbonyl (C=O) groups is 3. The molecule has 3 atom stereocenters. The van der Waals surface area contributed by atoms with Gasteiger partial charge in [-0.1, -0.05) is 32.0 Å². The zero-order valence-corrected chi connectivity index (χ0v) is 17.7. The van der Waals surface area contributed by atoms with Gasteiger partial charge < -0.3 is 15.5 Å². The number of rotatable bonds is 6. The molecule has 2 aliphatic heterocycles. The Bertz CT molecular complexity index is 966. The van der Waals surface area contributed by atoms with Crippen molar-refractivity contribution in [1.82, 2.24) is 20.5 Å². The first-order chi connectivity index (χ1) is 14.5. The number of hydrogen-bond acceptors (Lipinski definition) is 5. The van der Waals surface area contributed by atoms with E-state index in [4.69, 9.17) is 0 Å². The van der Waals surface area contributed by atoms with E-state index in [0.29, 0.717) is 17.9 Å². The molecule has 1 aromatic carbocycles. The van der Waals surface area contributed by atoms with Crippen LogP contribution in [-0.4, -0.2) is 45.4 Å². The van der Waals surface area contributed by atoms with E-state index >= 15 is 0 Å². The van der Waals surface area contributed by atoms with Crippen LogP contribution < -0.4 is 10.6 Å². The van der Waals surface area contributed by atoms with Gasteiger partial charge in [0.15, 0.2) is 0 Å². The highest BCUT2D eigenvalue weighted by atomic mass is 32.2. The van der Waals surface area contributed by atoms with Crippen molar-refractivity contribution in [2.45, 2.75) is 37.8 Å². The number of nitrogens with one attached hydrogen (secondary N) is 2. The average Bonchev–Trinajstić information content (AvgIpc) is 3.31. The Hall–Kier alpha value is -2.87. The molecule has 8 heteroatoms. The van der Waals surface area contributed by atoms with E-state index in [1.165, 1.54) is 0 Å². The summed E-state index contributed by atoms with van der Waals surface area (Å²) in [7, 11) is 0. The molecule has 1 aromatic heterocycles. The predicted octanol–water partition coefficient (Wildman–Crippen LogP) is 2.11. The van der Waals surface area contributed by atoms with Crippen LogP contribution in [0.1, 0.15) is 40.7 Å². The van der Waals surface area contributed by atoms with Crippen LogP contribution in [-0.2, 0) is 16.1 Å². The molecule has 0 aliphatic carbocycles. The van der Waals surface area contributed by atoms with Crippen molar-refractivity contribution < 1.29 is 14.4 Å². The summed E-state index contributed by atoms with van der Waals surface area (Å²) in [4.78, 5) is 44.3. The summed E-state index contributed by atoms with van der Waals surface area (Å²) in [6.07, 6.45) is 3.34. The summed E-state index contributed by atoms with van der Waals surface area (Å²) in [5.41, 5.74) is 2.55. The molecule has 7 nitrogen and oxygen atoms in total. The molecule has 2 aromatic rings. The van der Waals surface area contributed by atoms with Gasteiger partial charge in [-0.2, -0.15) is 0 Å². The lowest BCUT2D eigenvalue weighted by Crippen LogP contribution is -2.55. The van der Waals surface area contributed by atoms with Crippen molar-refractivity contribution in [1.29, 1.82) is 0 Å². The Kier molecular flexibility index (Phi) is 5.76. The van der Waals surface area contributed by atoms with Crippen LogP contribution in [0.15, 0.2) is 48.8 Å². The van der Waals surface area contributed by atoms with Gasteiger partial charge in [-0.25, -0.2) is 0 Å². The summed E-state index contributed by atoms with van der Waals surface area (Å²) in [6, 6.07) is 9.87. The molecule has 2 aliphatic rings. The lowest BCUT2D eigenvalue weighted by atomic mass is 10.0. The fourth-order valence-electron chi connectivity index (χ4n) is 3.83. The molecule has 0 spiro atoms. The third kappa shape index (κ3) is 3.79. The van der Waals surface area contributed by atoms with Crippen LogP contribution in [0.4, 0.5) is 0 Å².